The zero-order valence-corrected chi connectivity index (χ0v) is 12.3. The quantitative estimate of drug-likeness (QED) is 0.552. The Kier molecular flexibility index (Phi) is 5.78. The number of ether oxygens (including phenoxy) is 1. The van der Waals surface area contributed by atoms with Crippen LogP contribution in [0.5, 0.6) is 5.75 Å². The second kappa shape index (κ2) is 7.10. The molecular weight excluding hydrogens is 244 g/mol. The molecule has 0 radical (unpaired) electrons. The monoisotopic (exact) mass is 268 g/mol. The molecular formula is C12H24N6O. The van der Waals surface area contributed by atoms with E-state index in [1.54, 1.807) is 7.11 Å². The first kappa shape index (κ1) is 15.5. The summed E-state index contributed by atoms with van der Waals surface area (Å²) in [7, 11) is 5.69. The minimum Gasteiger partial charge on any atom is -0.490 e. The molecule has 0 spiro atoms. The Hall–Kier alpha value is -1.60. The van der Waals surface area contributed by atoms with Crippen LogP contribution >= 0.6 is 0 Å². The van der Waals surface area contributed by atoms with E-state index in [9.17, 15) is 0 Å². The molecule has 1 aromatic rings. The SMILES string of the molecule is CCN(c1ncnc(NN)c1OC)C(C)CN(C)C. The second-order valence-electron chi connectivity index (χ2n) is 4.62. The number of nitrogens with one attached hydrogen (secondary N) is 1. The molecule has 0 amide bonds. The summed E-state index contributed by atoms with van der Waals surface area (Å²) in [6, 6.07) is 0.300. The highest BCUT2D eigenvalue weighted by molar-refractivity contribution is 5.64. The fourth-order valence-electron chi connectivity index (χ4n) is 2.16. The molecule has 19 heavy (non-hydrogen) atoms. The van der Waals surface area contributed by atoms with Gasteiger partial charge in [0, 0.05) is 19.1 Å². The normalized spacial score (nSPS) is 12.4. The topological polar surface area (TPSA) is 79.5 Å². The summed E-state index contributed by atoms with van der Waals surface area (Å²) in [6.07, 6.45) is 1.48. The number of methoxy groups -OCH3 is 1. The van der Waals surface area contributed by atoms with Gasteiger partial charge in [0.2, 0.25) is 5.75 Å². The van der Waals surface area contributed by atoms with E-state index in [4.69, 9.17) is 10.6 Å². The van der Waals surface area contributed by atoms with E-state index in [-0.39, 0.29) is 0 Å². The number of anilines is 2. The molecule has 7 nitrogen and oxygen atoms in total. The average Bonchev–Trinajstić information content (AvgIpc) is 2.38. The lowest BCUT2D eigenvalue weighted by Gasteiger charge is -2.32. The number of hydrogen-bond acceptors (Lipinski definition) is 7. The third kappa shape index (κ3) is 3.68. The fourth-order valence-corrected chi connectivity index (χ4v) is 2.16. The van der Waals surface area contributed by atoms with E-state index in [2.05, 4.69) is 53.1 Å². The highest BCUT2D eigenvalue weighted by atomic mass is 16.5. The molecule has 1 atom stereocenters. The number of hydrazine groups is 1. The molecule has 0 aliphatic rings. The lowest BCUT2D eigenvalue weighted by molar-refractivity contribution is 0.367. The summed E-state index contributed by atoms with van der Waals surface area (Å²) in [6.45, 7) is 5.99. The summed E-state index contributed by atoms with van der Waals surface area (Å²) < 4.78 is 5.38. The van der Waals surface area contributed by atoms with Crippen LogP contribution in [-0.2, 0) is 0 Å². The number of nitrogen functional groups attached to an aromatic ring is 1. The maximum atomic E-state index is 5.45. The Morgan fingerprint density at radius 1 is 1.42 bits per heavy atom. The molecule has 0 saturated carbocycles. The Bertz CT molecular complexity index is 398. The summed E-state index contributed by atoms with van der Waals surface area (Å²) in [5.74, 6) is 7.25. The summed E-state index contributed by atoms with van der Waals surface area (Å²) in [4.78, 5) is 12.7. The lowest BCUT2D eigenvalue weighted by Crippen LogP contribution is -2.40. The first-order valence-corrected chi connectivity index (χ1v) is 6.32. The molecule has 0 bridgehead atoms. The van der Waals surface area contributed by atoms with Crippen molar-refractivity contribution in [2.75, 3.05) is 44.6 Å². The Morgan fingerprint density at radius 2 is 2.11 bits per heavy atom. The fraction of sp³-hybridized carbons (Fsp3) is 0.667. The van der Waals surface area contributed by atoms with Crippen LogP contribution in [0.15, 0.2) is 6.33 Å². The Balaban J connectivity index is 3.10. The van der Waals surface area contributed by atoms with Gasteiger partial charge in [-0.25, -0.2) is 15.8 Å². The van der Waals surface area contributed by atoms with Crippen molar-refractivity contribution in [1.82, 2.24) is 14.9 Å². The number of likely N-dealkylation sites (N-methyl/N-ethyl adjacent to an activating group) is 2. The zero-order valence-electron chi connectivity index (χ0n) is 12.3. The maximum Gasteiger partial charge on any atom is 0.205 e. The number of rotatable bonds is 7. The molecule has 1 aromatic heterocycles. The van der Waals surface area contributed by atoms with Gasteiger partial charge in [0.25, 0.3) is 0 Å². The third-order valence-electron chi connectivity index (χ3n) is 2.90. The third-order valence-corrected chi connectivity index (χ3v) is 2.90. The van der Waals surface area contributed by atoms with Crippen molar-refractivity contribution in [3.8, 4) is 5.75 Å². The van der Waals surface area contributed by atoms with Crippen LogP contribution < -0.4 is 20.9 Å². The first-order chi connectivity index (χ1) is 9.04. The van der Waals surface area contributed by atoms with Gasteiger partial charge in [0.15, 0.2) is 11.6 Å². The van der Waals surface area contributed by atoms with Gasteiger partial charge in [0.1, 0.15) is 6.33 Å². The van der Waals surface area contributed by atoms with Crippen LogP contribution in [0.3, 0.4) is 0 Å². The predicted molar refractivity (Wildman–Crippen MR) is 77.4 cm³/mol. The van der Waals surface area contributed by atoms with E-state index in [1.807, 2.05) is 0 Å². The van der Waals surface area contributed by atoms with Gasteiger partial charge in [-0.15, -0.1) is 0 Å². The molecule has 0 saturated heterocycles. The smallest absolute Gasteiger partial charge is 0.205 e. The van der Waals surface area contributed by atoms with Gasteiger partial charge in [-0.3, -0.25) is 0 Å². The minimum atomic E-state index is 0.300. The number of aromatic nitrogens is 2. The predicted octanol–water partition coefficient (Wildman–Crippen LogP) is 0.547. The van der Waals surface area contributed by atoms with E-state index in [0.717, 1.165) is 18.9 Å². The largest absolute Gasteiger partial charge is 0.490 e. The molecule has 7 heteroatoms. The van der Waals surface area contributed by atoms with Crippen LogP contribution in [0.1, 0.15) is 13.8 Å². The van der Waals surface area contributed by atoms with E-state index >= 15 is 0 Å². The lowest BCUT2D eigenvalue weighted by atomic mass is 10.2. The molecule has 3 N–H and O–H groups in total. The average molecular weight is 268 g/mol. The van der Waals surface area contributed by atoms with Crippen molar-refractivity contribution in [2.45, 2.75) is 19.9 Å². The van der Waals surface area contributed by atoms with Crippen LogP contribution in [0.4, 0.5) is 11.6 Å². The molecule has 1 unspecified atom stereocenters. The van der Waals surface area contributed by atoms with Gasteiger partial charge < -0.3 is 20.0 Å². The van der Waals surface area contributed by atoms with Crippen molar-refractivity contribution in [3.05, 3.63) is 6.33 Å². The van der Waals surface area contributed by atoms with Crippen molar-refractivity contribution in [3.63, 3.8) is 0 Å². The molecule has 0 aliphatic heterocycles. The van der Waals surface area contributed by atoms with Crippen molar-refractivity contribution in [2.24, 2.45) is 5.84 Å². The van der Waals surface area contributed by atoms with Gasteiger partial charge in [-0.2, -0.15) is 0 Å². The van der Waals surface area contributed by atoms with Crippen LogP contribution in [0.2, 0.25) is 0 Å². The van der Waals surface area contributed by atoms with E-state index in [1.165, 1.54) is 6.33 Å². The molecule has 108 valence electrons. The number of nitrogens with zero attached hydrogens (tertiary/aromatic N) is 4. The number of hydrogen-bond donors (Lipinski definition) is 2. The molecule has 1 rings (SSSR count). The van der Waals surface area contributed by atoms with Crippen LogP contribution in [-0.4, -0.2) is 55.2 Å². The van der Waals surface area contributed by atoms with Gasteiger partial charge in [-0.05, 0) is 27.9 Å². The standard InChI is InChI=1S/C12H24N6O/c1-6-18(9(2)7-17(3)4)12-10(19-5)11(16-13)14-8-15-12/h8-9H,6-7,13H2,1-5H3,(H,14,15,16). The minimum absolute atomic E-state index is 0.300. The van der Waals surface area contributed by atoms with Gasteiger partial charge in [0.05, 0.1) is 7.11 Å². The molecule has 0 fully saturated rings. The van der Waals surface area contributed by atoms with Gasteiger partial charge >= 0.3 is 0 Å². The molecule has 1 heterocycles. The van der Waals surface area contributed by atoms with E-state index in [0.29, 0.717) is 17.6 Å². The van der Waals surface area contributed by atoms with Crippen molar-refractivity contribution >= 4 is 11.6 Å². The molecule has 0 aliphatic carbocycles. The van der Waals surface area contributed by atoms with E-state index < -0.39 is 0 Å². The first-order valence-electron chi connectivity index (χ1n) is 6.32. The van der Waals surface area contributed by atoms with Crippen molar-refractivity contribution in [1.29, 1.82) is 0 Å². The van der Waals surface area contributed by atoms with Crippen molar-refractivity contribution < 1.29 is 4.74 Å². The highest BCUT2D eigenvalue weighted by Crippen LogP contribution is 2.32. The van der Waals surface area contributed by atoms with Crippen LogP contribution in [0, 0.1) is 0 Å². The summed E-state index contributed by atoms with van der Waals surface area (Å²) in [5, 5.41) is 0. The Morgan fingerprint density at radius 3 is 2.58 bits per heavy atom. The highest BCUT2D eigenvalue weighted by Gasteiger charge is 2.21. The second-order valence-corrected chi connectivity index (χ2v) is 4.62. The summed E-state index contributed by atoms with van der Waals surface area (Å²) >= 11 is 0. The maximum absolute atomic E-state index is 5.45. The Labute approximate surface area is 114 Å². The zero-order chi connectivity index (χ0) is 14.4. The van der Waals surface area contributed by atoms with Crippen LogP contribution in [0.25, 0.3) is 0 Å². The van der Waals surface area contributed by atoms with Gasteiger partial charge in [-0.1, -0.05) is 0 Å². The number of nitrogens with two attached hydrogens (primary N) is 1. The summed E-state index contributed by atoms with van der Waals surface area (Å²) in [5.41, 5.74) is 2.53. The molecule has 0 aromatic carbocycles.